The van der Waals surface area contributed by atoms with Gasteiger partial charge in [-0.1, -0.05) is 13.3 Å². The van der Waals surface area contributed by atoms with Crippen molar-refractivity contribution >= 4 is 11.6 Å². The van der Waals surface area contributed by atoms with Gasteiger partial charge < -0.3 is 5.32 Å². The third-order valence-electron chi connectivity index (χ3n) is 3.36. The molecule has 0 radical (unpaired) electrons. The summed E-state index contributed by atoms with van der Waals surface area (Å²) in [6, 6.07) is 0.663. The maximum Gasteiger partial charge on any atom is 0.0254 e. The van der Waals surface area contributed by atoms with Crippen LogP contribution in [0.15, 0.2) is 0 Å². The Kier molecular flexibility index (Phi) is 5.12. The first-order chi connectivity index (χ1) is 6.27. The van der Waals surface area contributed by atoms with Gasteiger partial charge in [-0.2, -0.15) is 0 Å². The lowest BCUT2D eigenvalue weighted by atomic mass is 9.97. The highest BCUT2D eigenvalue weighted by Gasteiger charge is 2.26. The van der Waals surface area contributed by atoms with Crippen molar-refractivity contribution in [3.63, 3.8) is 0 Å². The third kappa shape index (κ3) is 3.47. The largest absolute Gasteiger partial charge is 0.314 e. The van der Waals surface area contributed by atoms with E-state index in [4.69, 9.17) is 11.6 Å². The molecule has 0 aromatic rings. The van der Waals surface area contributed by atoms with E-state index in [1.165, 1.54) is 32.2 Å². The second-order valence-corrected chi connectivity index (χ2v) is 4.63. The van der Waals surface area contributed by atoms with E-state index in [0.717, 1.165) is 17.7 Å². The van der Waals surface area contributed by atoms with Gasteiger partial charge >= 0.3 is 0 Å². The Balaban J connectivity index is 2.19. The first-order valence-electron chi connectivity index (χ1n) is 5.57. The zero-order valence-electron chi connectivity index (χ0n) is 8.85. The molecule has 0 aromatic carbocycles. The Morgan fingerprint density at radius 1 is 1.38 bits per heavy atom. The average molecular weight is 204 g/mol. The van der Waals surface area contributed by atoms with Crippen molar-refractivity contribution in [3.05, 3.63) is 0 Å². The summed E-state index contributed by atoms with van der Waals surface area (Å²) in [5, 5.41) is 3.58. The Bertz CT molecular complexity index is 138. The molecule has 1 aliphatic carbocycles. The lowest BCUT2D eigenvalue weighted by molar-refractivity contribution is 0.372. The summed E-state index contributed by atoms with van der Waals surface area (Å²) in [5.41, 5.74) is 0. The van der Waals surface area contributed by atoms with Gasteiger partial charge in [-0.05, 0) is 44.6 Å². The van der Waals surface area contributed by atoms with Gasteiger partial charge in [0.2, 0.25) is 0 Å². The molecule has 78 valence electrons. The van der Waals surface area contributed by atoms with Gasteiger partial charge in [0, 0.05) is 11.9 Å². The van der Waals surface area contributed by atoms with Gasteiger partial charge in [-0.3, -0.25) is 0 Å². The van der Waals surface area contributed by atoms with E-state index in [2.05, 4.69) is 19.2 Å². The molecule has 0 aromatic heterocycles. The molecule has 1 aliphatic rings. The molecule has 1 nitrogen and oxygen atoms in total. The van der Waals surface area contributed by atoms with E-state index in [0.29, 0.717) is 6.04 Å². The predicted octanol–water partition coefficient (Wildman–Crippen LogP) is 3.03. The smallest absolute Gasteiger partial charge is 0.0254 e. The third-order valence-corrected chi connectivity index (χ3v) is 3.75. The molecular formula is C11H22ClN. The lowest BCUT2D eigenvalue weighted by Crippen LogP contribution is -2.32. The highest BCUT2D eigenvalue weighted by molar-refractivity contribution is 6.18. The van der Waals surface area contributed by atoms with Crippen molar-refractivity contribution in [1.29, 1.82) is 0 Å². The van der Waals surface area contributed by atoms with Gasteiger partial charge in [0.1, 0.15) is 0 Å². The van der Waals surface area contributed by atoms with Crippen LogP contribution in [0.3, 0.4) is 0 Å². The Morgan fingerprint density at radius 2 is 2.08 bits per heavy atom. The minimum absolute atomic E-state index is 0.663. The van der Waals surface area contributed by atoms with Crippen LogP contribution in [0, 0.1) is 11.8 Å². The Labute approximate surface area is 87.2 Å². The molecule has 1 rings (SSSR count). The summed E-state index contributed by atoms with van der Waals surface area (Å²) >= 11 is 5.92. The van der Waals surface area contributed by atoms with Crippen LogP contribution in [0.5, 0.6) is 0 Å². The molecule has 1 N–H and O–H groups in total. The molecule has 0 amide bonds. The summed E-state index contributed by atoms with van der Waals surface area (Å²) in [7, 11) is 0. The zero-order chi connectivity index (χ0) is 9.68. The highest BCUT2D eigenvalue weighted by atomic mass is 35.5. The number of halogens is 1. The van der Waals surface area contributed by atoms with Crippen LogP contribution in [0.4, 0.5) is 0 Å². The number of rotatable bonds is 5. The van der Waals surface area contributed by atoms with Crippen molar-refractivity contribution in [2.45, 2.75) is 45.6 Å². The van der Waals surface area contributed by atoms with Crippen LogP contribution in [0.1, 0.15) is 39.5 Å². The van der Waals surface area contributed by atoms with Crippen LogP contribution >= 0.6 is 11.6 Å². The second kappa shape index (κ2) is 5.87. The van der Waals surface area contributed by atoms with E-state index >= 15 is 0 Å². The van der Waals surface area contributed by atoms with Gasteiger partial charge in [-0.15, -0.1) is 11.6 Å². The van der Waals surface area contributed by atoms with Crippen LogP contribution in [-0.2, 0) is 0 Å². The molecule has 1 saturated carbocycles. The first kappa shape index (κ1) is 11.3. The summed E-state index contributed by atoms with van der Waals surface area (Å²) < 4.78 is 0. The van der Waals surface area contributed by atoms with Crippen LogP contribution in [0.25, 0.3) is 0 Å². The van der Waals surface area contributed by atoms with E-state index in [9.17, 15) is 0 Å². The fourth-order valence-corrected chi connectivity index (χ4v) is 2.49. The monoisotopic (exact) mass is 203 g/mol. The summed E-state index contributed by atoms with van der Waals surface area (Å²) in [6.45, 7) is 5.66. The van der Waals surface area contributed by atoms with Crippen molar-refractivity contribution in [3.8, 4) is 0 Å². The van der Waals surface area contributed by atoms with E-state index in [1.807, 2.05) is 0 Å². The summed E-state index contributed by atoms with van der Waals surface area (Å²) in [4.78, 5) is 0. The van der Waals surface area contributed by atoms with Crippen molar-refractivity contribution < 1.29 is 0 Å². The summed E-state index contributed by atoms with van der Waals surface area (Å²) in [5.74, 6) is 2.47. The minimum Gasteiger partial charge on any atom is -0.314 e. The molecule has 0 saturated heterocycles. The molecule has 0 heterocycles. The Morgan fingerprint density at radius 3 is 2.69 bits per heavy atom. The molecule has 13 heavy (non-hydrogen) atoms. The van der Waals surface area contributed by atoms with Crippen LogP contribution in [-0.4, -0.2) is 18.5 Å². The van der Waals surface area contributed by atoms with E-state index in [1.54, 1.807) is 0 Å². The predicted molar refractivity (Wildman–Crippen MR) is 59.3 cm³/mol. The van der Waals surface area contributed by atoms with Gasteiger partial charge in [0.15, 0.2) is 0 Å². The van der Waals surface area contributed by atoms with E-state index in [-0.39, 0.29) is 0 Å². The SMILES string of the molecule is CCC(C)NCC1CCCC1CCl. The summed E-state index contributed by atoms with van der Waals surface area (Å²) in [6.07, 6.45) is 5.32. The van der Waals surface area contributed by atoms with E-state index < -0.39 is 0 Å². The van der Waals surface area contributed by atoms with Crippen molar-refractivity contribution in [1.82, 2.24) is 5.32 Å². The minimum atomic E-state index is 0.663. The number of hydrogen-bond donors (Lipinski definition) is 1. The molecule has 1 fully saturated rings. The van der Waals surface area contributed by atoms with Crippen LogP contribution in [0.2, 0.25) is 0 Å². The fourth-order valence-electron chi connectivity index (χ4n) is 2.08. The van der Waals surface area contributed by atoms with Crippen LogP contribution < -0.4 is 5.32 Å². The number of alkyl halides is 1. The second-order valence-electron chi connectivity index (χ2n) is 4.32. The van der Waals surface area contributed by atoms with Gasteiger partial charge in [0.05, 0.1) is 0 Å². The number of nitrogens with one attached hydrogen (secondary N) is 1. The average Bonchev–Trinajstić information content (AvgIpc) is 2.61. The molecule has 3 atom stereocenters. The maximum atomic E-state index is 5.92. The fraction of sp³-hybridized carbons (Fsp3) is 1.00. The van der Waals surface area contributed by atoms with Gasteiger partial charge in [0.25, 0.3) is 0 Å². The van der Waals surface area contributed by atoms with Crippen molar-refractivity contribution in [2.24, 2.45) is 11.8 Å². The molecule has 0 bridgehead atoms. The molecule has 3 unspecified atom stereocenters. The standard InChI is InChI=1S/C11H22ClN/c1-3-9(2)13-8-11-6-4-5-10(11)7-12/h9-11,13H,3-8H2,1-2H3. The highest BCUT2D eigenvalue weighted by Crippen LogP contribution is 2.31. The molecule has 2 heteroatoms. The number of hydrogen-bond acceptors (Lipinski definition) is 1. The van der Waals surface area contributed by atoms with Crippen molar-refractivity contribution in [2.75, 3.05) is 12.4 Å². The topological polar surface area (TPSA) is 12.0 Å². The lowest BCUT2D eigenvalue weighted by Gasteiger charge is -2.20. The molecule has 0 aliphatic heterocycles. The first-order valence-corrected chi connectivity index (χ1v) is 6.10. The Hall–Kier alpha value is 0.250. The maximum absolute atomic E-state index is 5.92. The quantitative estimate of drug-likeness (QED) is 0.678. The molecule has 0 spiro atoms. The normalized spacial score (nSPS) is 30.7. The van der Waals surface area contributed by atoms with Gasteiger partial charge in [-0.25, -0.2) is 0 Å². The zero-order valence-corrected chi connectivity index (χ0v) is 9.61. The molecular weight excluding hydrogens is 182 g/mol.